The molecule has 1 aliphatic heterocycles. The molecule has 3 heterocycles. The second-order valence-corrected chi connectivity index (χ2v) is 17.4. The van der Waals surface area contributed by atoms with Crippen LogP contribution in [0.1, 0.15) is 5.56 Å². The number of hydrogen-bond acceptors (Lipinski definition) is 10. The molecule has 0 saturated carbocycles. The molecule has 304 valence electrons. The summed E-state index contributed by atoms with van der Waals surface area (Å²) in [6.07, 6.45) is 5.43. The number of carboxylic acids is 2. The molecule has 1 amide bonds. The lowest BCUT2D eigenvalue weighted by Crippen LogP contribution is -2.46. The first kappa shape index (κ1) is 40.5. The van der Waals surface area contributed by atoms with Crippen LogP contribution in [0.3, 0.4) is 0 Å². The molecule has 1 fully saturated rings. The number of piperazine rings is 1. The highest BCUT2D eigenvalue weighted by Crippen LogP contribution is 2.42. The van der Waals surface area contributed by atoms with Crippen LogP contribution in [-0.4, -0.2) is 101 Å². The van der Waals surface area contributed by atoms with Crippen molar-refractivity contribution in [1.29, 1.82) is 0 Å². The number of likely N-dealkylation sites (N-methyl/N-ethyl adjacent to an activating group) is 1. The lowest BCUT2D eigenvalue weighted by molar-refractivity contribution is -0.136. The molecule has 2 N–H and O–H groups in total. The predicted octanol–water partition coefficient (Wildman–Crippen LogP) is 5.71. The molecule has 1 aliphatic rings. The van der Waals surface area contributed by atoms with Gasteiger partial charge >= 0.3 is 11.9 Å². The molecule has 2 aromatic heterocycles. The minimum Gasteiger partial charge on any atom is -0.480 e. The van der Waals surface area contributed by atoms with Crippen LogP contribution in [0.5, 0.6) is 0 Å². The lowest BCUT2D eigenvalue weighted by Gasteiger charge is -2.32. The van der Waals surface area contributed by atoms with Gasteiger partial charge in [-0.25, -0.2) is 16.8 Å². The molecule has 0 unspecified atom stereocenters. The van der Waals surface area contributed by atoms with E-state index in [0.717, 1.165) is 0 Å². The highest BCUT2D eigenvalue weighted by Gasteiger charge is 2.34. The SMILES string of the molecule is CN1CCN(C(=O)/C=C\c2cc(N(CC(=O)O)S(=O)(=O)c3ccc(-c4ccco4)cc3)c3ccccc3c2N(CC(=O)O)S(=O)(=O)c2ccc(-c3ccco3)cc2)CC1. The summed E-state index contributed by atoms with van der Waals surface area (Å²) in [6, 6.07) is 25.3. The number of fused-ring (bicyclic) bond motifs is 1. The topological polar surface area (TPSA) is 199 Å². The van der Waals surface area contributed by atoms with Crippen molar-refractivity contribution in [3.63, 3.8) is 0 Å². The van der Waals surface area contributed by atoms with E-state index in [2.05, 4.69) is 4.90 Å². The molecule has 59 heavy (non-hydrogen) atoms. The molecular formula is C42H38N4O11S2. The van der Waals surface area contributed by atoms with Gasteiger partial charge in [0.15, 0.2) is 0 Å². The van der Waals surface area contributed by atoms with Crippen molar-refractivity contribution in [2.24, 2.45) is 0 Å². The zero-order chi connectivity index (χ0) is 41.9. The number of benzene rings is 4. The van der Waals surface area contributed by atoms with Crippen molar-refractivity contribution >= 4 is 66.1 Å². The van der Waals surface area contributed by atoms with E-state index in [1.807, 2.05) is 7.05 Å². The third-order valence-corrected chi connectivity index (χ3v) is 13.3. The summed E-state index contributed by atoms with van der Waals surface area (Å²) in [7, 11) is -7.44. The van der Waals surface area contributed by atoms with Gasteiger partial charge in [0.05, 0.1) is 33.7 Å². The first-order valence-corrected chi connectivity index (χ1v) is 21.1. The first-order valence-electron chi connectivity index (χ1n) is 18.2. The van der Waals surface area contributed by atoms with Gasteiger partial charge in [-0.1, -0.05) is 24.3 Å². The van der Waals surface area contributed by atoms with Crippen LogP contribution in [-0.2, 0) is 34.4 Å². The molecule has 4 aromatic carbocycles. The summed E-state index contributed by atoms with van der Waals surface area (Å²) in [5, 5.41) is 20.5. The number of carbonyl (C=O) groups is 3. The van der Waals surface area contributed by atoms with Gasteiger partial charge in [0.25, 0.3) is 20.0 Å². The third-order valence-electron chi connectivity index (χ3n) is 9.82. The summed E-state index contributed by atoms with van der Waals surface area (Å²) in [5.74, 6) is -2.47. The fourth-order valence-electron chi connectivity index (χ4n) is 6.82. The minimum absolute atomic E-state index is 0.0625. The lowest BCUT2D eigenvalue weighted by atomic mass is 10.0. The van der Waals surface area contributed by atoms with Gasteiger partial charge < -0.3 is 28.8 Å². The van der Waals surface area contributed by atoms with Crippen LogP contribution in [0.15, 0.2) is 140 Å². The minimum atomic E-state index is -4.71. The van der Waals surface area contributed by atoms with E-state index in [-0.39, 0.29) is 37.5 Å². The van der Waals surface area contributed by atoms with Gasteiger partial charge in [0, 0.05) is 59.7 Å². The molecule has 7 rings (SSSR count). The summed E-state index contributed by atoms with van der Waals surface area (Å²) in [4.78, 5) is 41.7. The van der Waals surface area contributed by atoms with Crippen LogP contribution < -0.4 is 8.61 Å². The maximum Gasteiger partial charge on any atom is 0.324 e. The van der Waals surface area contributed by atoms with E-state index < -0.39 is 51.0 Å². The number of sulfonamides is 2. The summed E-state index contributed by atoms with van der Waals surface area (Å²) in [5.41, 5.74) is 0.719. The predicted molar refractivity (Wildman–Crippen MR) is 220 cm³/mol. The van der Waals surface area contributed by atoms with Gasteiger partial charge in [0.2, 0.25) is 5.91 Å². The van der Waals surface area contributed by atoms with E-state index in [0.29, 0.717) is 57.4 Å². The number of amides is 1. The molecule has 0 bridgehead atoms. The average molecular weight is 839 g/mol. The summed E-state index contributed by atoms with van der Waals surface area (Å²) < 4.78 is 70.5. The number of hydrogen-bond donors (Lipinski definition) is 2. The molecule has 0 atom stereocenters. The molecular weight excluding hydrogens is 801 g/mol. The largest absolute Gasteiger partial charge is 0.480 e. The number of anilines is 2. The standard InChI is InChI=1S/C42H38N4O11S2/c1-43-20-22-44(23-21-43)39(47)19-14-31-26-36(45(27-40(48)49)58(52,53)32-15-10-29(11-16-32)37-8-4-24-56-37)34-6-2-3-7-35(34)42(31)46(28-41(50)51)59(54,55)33-17-12-30(13-18-33)38-9-5-25-57-38/h2-19,24-26H,20-23,27-28H2,1H3,(H,48,49)(H,50,51)/b19-14-. The normalized spacial score (nSPS) is 13.8. The Hall–Kier alpha value is -6.69. The fraction of sp³-hybridized carbons (Fsp3) is 0.167. The Morgan fingerprint density at radius 3 is 1.64 bits per heavy atom. The second kappa shape index (κ2) is 16.7. The van der Waals surface area contributed by atoms with E-state index in [1.165, 1.54) is 91.4 Å². The smallest absolute Gasteiger partial charge is 0.324 e. The zero-order valence-corrected chi connectivity index (χ0v) is 33.2. The van der Waals surface area contributed by atoms with Crippen molar-refractivity contribution < 1.29 is 50.3 Å². The fourth-order valence-corrected chi connectivity index (χ4v) is 9.70. The van der Waals surface area contributed by atoms with Crippen LogP contribution >= 0.6 is 0 Å². The van der Waals surface area contributed by atoms with Gasteiger partial charge in [-0.05, 0) is 92.0 Å². The van der Waals surface area contributed by atoms with Crippen molar-refractivity contribution in [2.75, 3.05) is 54.9 Å². The molecule has 0 aliphatic carbocycles. The molecule has 0 radical (unpaired) electrons. The second-order valence-electron chi connectivity index (χ2n) is 13.7. The highest BCUT2D eigenvalue weighted by molar-refractivity contribution is 7.93. The summed E-state index contributed by atoms with van der Waals surface area (Å²) in [6.45, 7) is -0.0809. The van der Waals surface area contributed by atoms with Crippen LogP contribution in [0.4, 0.5) is 11.4 Å². The van der Waals surface area contributed by atoms with Crippen LogP contribution in [0, 0.1) is 0 Å². The Morgan fingerprint density at radius 2 is 1.15 bits per heavy atom. The van der Waals surface area contributed by atoms with Gasteiger partial charge in [-0.3, -0.25) is 23.0 Å². The number of rotatable bonds is 14. The zero-order valence-electron chi connectivity index (χ0n) is 31.5. The Kier molecular flexibility index (Phi) is 11.4. The Bertz CT molecular complexity index is 2740. The maximum atomic E-state index is 14.6. The molecule has 6 aromatic rings. The van der Waals surface area contributed by atoms with E-state index in [9.17, 15) is 41.4 Å². The Morgan fingerprint density at radius 1 is 0.661 bits per heavy atom. The maximum absolute atomic E-state index is 14.6. The number of carbonyl (C=O) groups excluding carboxylic acids is 1. The molecule has 17 heteroatoms. The van der Waals surface area contributed by atoms with Gasteiger partial charge in [-0.15, -0.1) is 0 Å². The Balaban J connectivity index is 1.43. The Labute approximate surface area is 339 Å². The number of aliphatic carboxylic acids is 2. The number of furan rings is 2. The van der Waals surface area contributed by atoms with Crippen molar-refractivity contribution in [2.45, 2.75) is 9.79 Å². The summed E-state index contributed by atoms with van der Waals surface area (Å²) >= 11 is 0. The van der Waals surface area contributed by atoms with E-state index in [1.54, 1.807) is 41.3 Å². The van der Waals surface area contributed by atoms with Gasteiger partial charge in [0.1, 0.15) is 24.6 Å². The van der Waals surface area contributed by atoms with Crippen LogP contribution in [0.2, 0.25) is 0 Å². The highest BCUT2D eigenvalue weighted by atomic mass is 32.2. The van der Waals surface area contributed by atoms with E-state index in [4.69, 9.17) is 8.83 Å². The molecule has 1 saturated heterocycles. The van der Waals surface area contributed by atoms with Crippen molar-refractivity contribution in [3.8, 4) is 22.6 Å². The third kappa shape index (κ3) is 8.48. The quantitative estimate of drug-likeness (QED) is 0.127. The van der Waals surface area contributed by atoms with Crippen molar-refractivity contribution in [1.82, 2.24) is 9.80 Å². The van der Waals surface area contributed by atoms with E-state index >= 15 is 0 Å². The number of carboxylic acid groups (broad SMARTS) is 2. The van der Waals surface area contributed by atoms with Crippen LogP contribution in [0.25, 0.3) is 39.5 Å². The first-order chi connectivity index (χ1) is 28.2. The number of nitrogens with zero attached hydrogens (tertiary/aromatic N) is 4. The molecule has 15 nitrogen and oxygen atoms in total. The molecule has 0 spiro atoms. The van der Waals surface area contributed by atoms with Gasteiger partial charge in [-0.2, -0.15) is 0 Å². The van der Waals surface area contributed by atoms with Crippen molar-refractivity contribution in [3.05, 3.63) is 127 Å². The average Bonchev–Trinajstić information content (AvgIpc) is 3.97. The monoisotopic (exact) mass is 838 g/mol.